The van der Waals surface area contributed by atoms with Gasteiger partial charge in [-0.15, -0.1) is 11.8 Å². The summed E-state index contributed by atoms with van der Waals surface area (Å²) in [5.41, 5.74) is 0. The predicted octanol–water partition coefficient (Wildman–Crippen LogP) is -0.211. The molecule has 2 atom stereocenters. The number of rotatable bonds is 2. The number of carbonyl (C=O) groups is 3. The SMILES string of the molecule is O=C1CCC(C(=O)N2CSCC2C(=O)N2CCCC2)N1. The lowest BCUT2D eigenvalue weighted by Gasteiger charge is -2.28. The van der Waals surface area contributed by atoms with Gasteiger partial charge in [0.05, 0.1) is 5.88 Å². The third kappa shape index (κ3) is 2.51. The van der Waals surface area contributed by atoms with E-state index in [0.29, 0.717) is 24.5 Å². The molecule has 0 radical (unpaired) electrons. The molecule has 3 aliphatic heterocycles. The maximum absolute atomic E-state index is 12.5. The standard InChI is InChI=1S/C13H19N3O3S/c17-11-4-3-9(14-11)12(18)16-8-20-7-10(16)13(19)15-5-1-2-6-15/h9-10H,1-8H2,(H,14,17). The largest absolute Gasteiger partial charge is 0.344 e. The van der Waals surface area contributed by atoms with Gasteiger partial charge in [0, 0.05) is 25.3 Å². The van der Waals surface area contributed by atoms with Crippen LogP contribution in [0.1, 0.15) is 25.7 Å². The molecular formula is C13H19N3O3S. The molecule has 3 saturated heterocycles. The van der Waals surface area contributed by atoms with E-state index in [-0.39, 0.29) is 23.8 Å². The van der Waals surface area contributed by atoms with Crippen molar-refractivity contribution in [1.29, 1.82) is 0 Å². The smallest absolute Gasteiger partial charge is 0.246 e. The molecule has 0 spiro atoms. The Balaban J connectivity index is 1.67. The fourth-order valence-corrected chi connectivity index (χ4v) is 4.17. The fraction of sp³-hybridized carbons (Fsp3) is 0.769. The first-order valence-electron chi connectivity index (χ1n) is 7.13. The van der Waals surface area contributed by atoms with Gasteiger partial charge >= 0.3 is 0 Å². The van der Waals surface area contributed by atoms with Gasteiger partial charge in [-0.1, -0.05) is 0 Å². The van der Waals surface area contributed by atoms with E-state index in [9.17, 15) is 14.4 Å². The molecule has 0 aromatic carbocycles. The van der Waals surface area contributed by atoms with Crippen LogP contribution >= 0.6 is 11.8 Å². The third-order valence-corrected chi connectivity index (χ3v) is 5.17. The van der Waals surface area contributed by atoms with Crippen molar-refractivity contribution in [3.8, 4) is 0 Å². The molecule has 3 aliphatic rings. The highest BCUT2D eigenvalue weighted by molar-refractivity contribution is 7.99. The van der Waals surface area contributed by atoms with E-state index in [4.69, 9.17) is 0 Å². The van der Waals surface area contributed by atoms with Gasteiger partial charge < -0.3 is 15.1 Å². The lowest BCUT2D eigenvalue weighted by Crippen LogP contribution is -2.52. The Labute approximate surface area is 122 Å². The number of amides is 3. The number of nitrogens with zero attached hydrogens (tertiary/aromatic N) is 2. The first kappa shape index (κ1) is 13.7. The second-order valence-corrected chi connectivity index (χ2v) is 6.51. The van der Waals surface area contributed by atoms with E-state index in [2.05, 4.69) is 5.32 Å². The second kappa shape index (κ2) is 5.63. The number of hydrogen-bond donors (Lipinski definition) is 1. The molecule has 6 nitrogen and oxygen atoms in total. The molecule has 3 heterocycles. The Morgan fingerprint density at radius 3 is 2.60 bits per heavy atom. The molecule has 110 valence electrons. The normalized spacial score (nSPS) is 29.9. The van der Waals surface area contributed by atoms with Gasteiger partial charge in [0.25, 0.3) is 0 Å². The summed E-state index contributed by atoms with van der Waals surface area (Å²) in [5, 5.41) is 2.70. The van der Waals surface area contributed by atoms with Crippen LogP contribution in [0.4, 0.5) is 0 Å². The van der Waals surface area contributed by atoms with Crippen LogP contribution in [0.25, 0.3) is 0 Å². The van der Waals surface area contributed by atoms with Crippen molar-refractivity contribution < 1.29 is 14.4 Å². The zero-order valence-electron chi connectivity index (χ0n) is 11.3. The summed E-state index contributed by atoms with van der Waals surface area (Å²) in [4.78, 5) is 39.7. The van der Waals surface area contributed by atoms with E-state index in [1.165, 1.54) is 0 Å². The molecule has 0 aliphatic carbocycles. The Kier molecular flexibility index (Phi) is 3.87. The number of hydrogen-bond acceptors (Lipinski definition) is 4. The van der Waals surface area contributed by atoms with Crippen molar-refractivity contribution in [2.75, 3.05) is 24.7 Å². The minimum absolute atomic E-state index is 0.0716. The van der Waals surface area contributed by atoms with Crippen LogP contribution in [0.3, 0.4) is 0 Å². The summed E-state index contributed by atoms with van der Waals surface area (Å²) in [6.07, 6.45) is 3.06. The summed E-state index contributed by atoms with van der Waals surface area (Å²) >= 11 is 1.61. The maximum Gasteiger partial charge on any atom is 0.246 e. The average Bonchev–Trinajstić information content (AvgIpc) is 3.18. The lowest BCUT2D eigenvalue weighted by molar-refractivity contribution is -0.143. The lowest BCUT2D eigenvalue weighted by atomic mass is 10.1. The fourth-order valence-electron chi connectivity index (χ4n) is 3.01. The maximum atomic E-state index is 12.5. The van der Waals surface area contributed by atoms with Crippen molar-refractivity contribution in [3.63, 3.8) is 0 Å². The molecule has 3 fully saturated rings. The monoisotopic (exact) mass is 297 g/mol. The molecule has 3 rings (SSSR count). The molecule has 3 amide bonds. The highest BCUT2D eigenvalue weighted by Crippen LogP contribution is 2.26. The molecule has 0 aromatic heterocycles. The number of likely N-dealkylation sites (tertiary alicyclic amines) is 1. The number of nitrogens with one attached hydrogen (secondary N) is 1. The van der Waals surface area contributed by atoms with Crippen molar-refractivity contribution in [3.05, 3.63) is 0 Å². The van der Waals surface area contributed by atoms with Crippen molar-refractivity contribution in [2.45, 2.75) is 37.8 Å². The number of carbonyl (C=O) groups excluding carboxylic acids is 3. The molecular weight excluding hydrogens is 278 g/mol. The Hall–Kier alpha value is -1.24. The Bertz CT molecular complexity index is 437. The van der Waals surface area contributed by atoms with E-state index < -0.39 is 6.04 Å². The third-order valence-electron chi connectivity index (χ3n) is 4.16. The Morgan fingerprint density at radius 1 is 1.20 bits per heavy atom. The first-order valence-corrected chi connectivity index (χ1v) is 8.28. The van der Waals surface area contributed by atoms with Crippen LogP contribution in [0.2, 0.25) is 0 Å². The average molecular weight is 297 g/mol. The zero-order valence-corrected chi connectivity index (χ0v) is 12.2. The highest BCUT2D eigenvalue weighted by atomic mass is 32.2. The quantitative estimate of drug-likeness (QED) is 0.765. The molecule has 20 heavy (non-hydrogen) atoms. The molecule has 0 bridgehead atoms. The first-order chi connectivity index (χ1) is 9.66. The van der Waals surface area contributed by atoms with Gasteiger partial charge in [0.15, 0.2) is 0 Å². The van der Waals surface area contributed by atoms with Crippen LogP contribution in [-0.2, 0) is 14.4 Å². The summed E-state index contributed by atoms with van der Waals surface area (Å²) in [5.74, 6) is 1.12. The van der Waals surface area contributed by atoms with E-state index in [1.54, 1.807) is 16.7 Å². The summed E-state index contributed by atoms with van der Waals surface area (Å²) in [7, 11) is 0. The van der Waals surface area contributed by atoms with E-state index in [0.717, 1.165) is 25.9 Å². The van der Waals surface area contributed by atoms with Crippen LogP contribution in [0.15, 0.2) is 0 Å². The van der Waals surface area contributed by atoms with Crippen molar-refractivity contribution >= 4 is 29.5 Å². The van der Waals surface area contributed by atoms with Crippen molar-refractivity contribution in [1.82, 2.24) is 15.1 Å². The minimum atomic E-state index is -0.435. The highest BCUT2D eigenvalue weighted by Gasteiger charge is 2.41. The summed E-state index contributed by atoms with van der Waals surface area (Å²) < 4.78 is 0. The van der Waals surface area contributed by atoms with Crippen LogP contribution in [-0.4, -0.2) is 64.3 Å². The van der Waals surface area contributed by atoms with E-state index in [1.807, 2.05) is 4.90 Å². The van der Waals surface area contributed by atoms with Crippen LogP contribution < -0.4 is 5.32 Å². The van der Waals surface area contributed by atoms with Gasteiger partial charge in [-0.25, -0.2) is 0 Å². The van der Waals surface area contributed by atoms with Gasteiger partial charge in [-0.3, -0.25) is 14.4 Å². The Morgan fingerprint density at radius 2 is 1.95 bits per heavy atom. The van der Waals surface area contributed by atoms with Gasteiger partial charge in [-0.05, 0) is 19.3 Å². The topological polar surface area (TPSA) is 69.7 Å². The number of thioether (sulfide) groups is 1. The molecule has 0 saturated carbocycles. The summed E-state index contributed by atoms with van der Waals surface area (Å²) in [6, 6.07) is -0.779. The van der Waals surface area contributed by atoms with Gasteiger partial charge in [0.2, 0.25) is 17.7 Å². The minimum Gasteiger partial charge on any atom is -0.344 e. The summed E-state index contributed by atoms with van der Waals surface area (Å²) in [6.45, 7) is 1.62. The predicted molar refractivity (Wildman–Crippen MR) is 74.9 cm³/mol. The molecule has 7 heteroatoms. The van der Waals surface area contributed by atoms with Gasteiger partial charge in [0.1, 0.15) is 12.1 Å². The van der Waals surface area contributed by atoms with Crippen molar-refractivity contribution in [2.24, 2.45) is 0 Å². The molecule has 0 aromatic rings. The zero-order chi connectivity index (χ0) is 14.1. The van der Waals surface area contributed by atoms with E-state index >= 15 is 0 Å². The van der Waals surface area contributed by atoms with Crippen LogP contribution in [0, 0.1) is 0 Å². The molecule has 1 N–H and O–H groups in total. The van der Waals surface area contributed by atoms with Gasteiger partial charge in [-0.2, -0.15) is 0 Å². The second-order valence-electron chi connectivity index (χ2n) is 5.51. The molecule has 2 unspecified atom stereocenters. The van der Waals surface area contributed by atoms with Crippen LogP contribution in [0.5, 0.6) is 0 Å².